The Labute approximate surface area is 145 Å². The van der Waals surface area contributed by atoms with Gasteiger partial charge in [-0.1, -0.05) is 18.2 Å². The third kappa shape index (κ3) is 4.19. The van der Waals surface area contributed by atoms with Gasteiger partial charge in [0.25, 0.3) is 5.69 Å². The lowest BCUT2D eigenvalue weighted by atomic mass is 10.0. The highest BCUT2D eigenvalue weighted by molar-refractivity contribution is 7.89. The SMILES string of the molecule is Cc1cc(F)cc([C@H](N)CN(C)S(=O)(=O)c2ccccc2[N+](=O)[O-])c1. The molecular weight excluding hydrogens is 349 g/mol. The Morgan fingerprint density at radius 2 is 1.92 bits per heavy atom. The zero-order valence-electron chi connectivity index (χ0n) is 13.7. The number of nitro groups is 1. The smallest absolute Gasteiger partial charge is 0.289 e. The summed E-state index contributed by atoms with van der Waals surface area (Å²) in [5.41, 5.74) is 6.60. The number of nitrogens with two attached hydrogens (primary N) is 1. The van der Waals surface area contributed by atoms with Gasteiger partial charge in [-0.25, -0.2) is 12.8 Å². The first-order valence-corrected chi connectivity index (χ1v) is 8.79. The molecule has 2 aromatic rings. The molecule has 0 saturated heterocycles. The van der Waals surface area contributed by atoms with Crippen molar-refractivity contribution < 1.29 is 17.7 Å². The fraction of sp³-hybridized carbons (Fsp3) is 0.250. The first-order valence-electron chi connectivity index (χ1n) is 7.35. The van der Waals surface area contributed by atoms with Crippen LogP contribution in [0.3, 0.4) is 0 Å². The number of sulfonamides is 1. The van der Waals surface area contributed by atoms with Crippen LogP contribution >= 0.6 is 0 Å². The van der Waals surface area contributed by atoms with Crippen molar-refractivity contribution in [2.75, 3.05) is 13.6 Å². The minimum absolute atomic E-state index is 0.155. The van der Waals surface area contributed by atoms with E-state index in [9.17, 15) is 22.9 Å². The number of nitrogens with zero attached hydrogens (tertiary/aromatic N) is 2. The van der Waals surface area contributed by atoms with Gasteiger partial charge in [-0.2, -0.15) is 4.31 Å². The number of nitro benzene ring substituents is 1. The molecule has 0 heterocycles. The van der Waals surface area contributed by atoms with Gasteiger partial charge < -0.3 is 5.73 Å². The van der Waals surface area contributed by atoms with Gasteiger partial charge in [-0.05, 0) is 36.2 Å². The molecule has 25 heavy (non-hydrogen) atoms. The van der Waals surface area contributed by atoms with E-state index in [4.69, 9.17) is 5.73 Å². The number of hydrogen-bond acceptors (Lipinski definition) is 5. The van der Waals surface area contributed by atoms with Crippen molar-refractivity contribution in [3.8, 4) is 0 Å². The van der Waals surface area contributed by atoms with Crippen LogP contribution in [0.2, 0.25) is 0 Å². The predicted molar refractivity (Wildman–Crippen MR) is 91.0 cm³/mol. The summed E-state index contributed by atoms with van der Waals surface area (Å²) in [5, 5.41) is 11.1. The summed E-state index contributed by atoms with van der Waals surface area (Å²) in [6.45, 7) is 1.55. The Kier molecular flexibility index (Phi) is 5.51. The molecule has 1 atom stereocenters. The lowest BCUT2D eigenvalue weighted by molar-refractivity contribution is -0.387. The summed E-state index contributed by atoms with van der Waals surface area (Å²) < 4.78 is 39.7. The molecule has 0 fully saturated rings. The Hall–Kier alpha value is -2.36. The van der Waals surface area contributed by atoms with Gasteiger partial charge in [-0.3, -0.25) is 10.1 Å². The van der Waals surface area contributed by atoms with Crippen molar-refractivity contribution in [1.82, 2.24) is 4.31 Å². The second kappa shape index (κ2) is 7.26. The summed E-state index contributed by atoms with van der Waals surface area (Å²) in [7, 11) is -2.84. The van der Waals surface area contributed by atoms with Crippen molar-refractivity contribution in [2.24, 2.45) is 5.73 Å². The van der Waals surface area contributed by atoms with E-state index in [1.54, 1.807) is 13.0 Å². The highest BCUT2D eigenvalue weighted by Crippen LogP contribution is 2.26. The molecule has 0 aliphatic carbocycles. The van der Waals surface area contributed by atoms with E-state index in [1.165, 1.54) is 37.4 Å². The molecule has 0 amide bonds. The molecule has 0 spiro atoms. The van der Waals surface area contributed by atoms with Gasteiger partial charge in [0, 0.05) is 25.7 Å². The number of halogens is 1. The standard InChI is InChI=1S/C16H18FN3O4S/c1-11-7-12(9-13(17)8-11)14(18)10-19(2)25(23,24)16-6-4-3-5-15(16)20(21)22/h3-9,14H,10,18H2,1-2H3/t14-/m1/s1. The third-order valence-electron chi connectivity index (χ3n) is 3.70. The molecule has 0 aromatic heterocycles. The molecular formula is C16H18FN3O4S. The number of likely N-dealkylation sites (N-methyl/N-ethyl adjacent to an activating group) is 1. The lowest BCUT2D eigenvalue weighted by Gasteiger charge is -2.21. The van der Waals surface area contributed by atoms with Crippen LogP contribution in [-0.4, -0.2) is 31.2 Å². The molecule has 2 aromatic carbocycles. The quantitative estimate of drug-likeness (QED) is 0.623. The number of para-hydroxylation sites is 1. The van der Waals surface area contributed by atoms with Gasteiger partial charge >= 0.3 is 0 Å². The largest absolute Gasteiger partial charge is 0.323 e. The Balaban J connectivity index is 2.30. The zero-order chi connectivity index (χ0) is 18.8. The van der Waals surface area contributed by atoms with Crippen LogP contribution in [0.4, 0.5) is 10.1 Å². The summed E-state index contributed by atoms with van der Waals surface area (Å²) in [5.74, 6) is -0.463. The first kappa shape index (κ1) is 19.0. The monoisotopic (exact) mass is 367 g/mol. The van der Waals surface area contributed by atoms with Gasteiger partial charge in [0.1, 0.15) is 5.82 Å². The van der Waals surface area contributed by atoms with E-state index < -0.39 is 37.4 Å². The number of aryl methyl sites for hydroxylation is 1. The van der Waals surface area contributed by atoms with Crippen LogP contribution < -0.4 is 5.73 Å². The second-order valence-corrected chi connectivity index (χ2v) is 7.69. The van der Waals surface area contributed by atoms with Gasteiger partial charge in [0.05, 0.1) is 4.92 Å². The van der Waals surface area contributed by atoms with Crippen LogP contribution in [0.5, 0.6) is 0 Å². The number of rotatable bonds is 6. The molecule has 0 unspecified atom stereocenters. The summed E-state index contributed by atoms with van der Waals surface area (Å²) in [4.78, 5) is 9.90. The van der Waals surface area contributed by atoms with E-state index in [-0.39, 0.29) is 6.54 Å². The lowest BCUT2D eigenvalue weighted by Crippen LogP contribution is -2.34. The topological polar surface area (TPSA) is 107 Å². The average Bonchev–Trinajstić information content (AvgIpc) is 2.53. The normalized spacial score (nSPS) is 13.0. The summed E-state index contributed by atoms with van der Waals surface area (Å²) >= 11 is 0. The van der Waals surface area contributed by atoms with Crippen LogP contribution in [0.15, 0.2) is 47.4 Å². The van der Waals surface area contributed by atoms with Crippen LogP contribution in [0.25, 0.3) is 0 Å². The molecule has 7 nitrogen and oxygen atoms in total. The van der Waals surface area contributed by atoms with Crippen molar-refractivity contribution in [3.05, 3.63) is 69.5 Å². The van der Waals surface area contributed by atoms with Crippen molar-refractivity contribution in [3.63, 3.8) is 0 Å². The summed E-state index contributed by atoms with van der Waals surface area (Å²) in [6.07, 6.45) is 0. The highest BCUT2D eigenvalue weighted by atomic mass is 32.2. The van der Waals surface area contributed by atoms with E-state index in [0.29, 0.717) is 11.1 Å². The fourth-order valence-corrected chi connectivity index (χ4v) is 3.80. The van der Waals surface area contributed by atoms with Crippen LogP contribution in [0, 0.1) is 22.9 Å². The average molecular weight is 367 g/mol. The minimum atomic E-state index is -4.12. The first-order chi connectivity index (χ1) is 11.6. The van der Waals surface area contributed by atoms with E-state index in [0.717, 1.165) is 10.4 Å². The molecule has 9 heteroatoms. The molecule has 0 aliphatic heterocycles. The van der Waals surface area contributed by atoms with Crippen LogP contribution in [0.1, 0.15) is 17.2 Å². The molecule has 2 N–H and O–H groups in total. The van der Waals surface area contributed by atoms with Gasteiger partial charge in [0.2, 0.25) is 10.0 Å². The van der Waals surface area contributed by atoms with Gasteiger partial charge in [-0.15, -0.1) is 0 Å². The van der Waals surface area contributed by atoms with Gasteiger partial charge in [0.15, 0.2) is 4.90 Å². The Morgan fingerprint density at radius 3 is 2.52 bits per heavy atom. The fourth-order valence-electron chi connectivity index (χ4n) is 2.45. The van der Waals surface area contributed by atoms with Crippen molar-refractivity contribution in [1.29, 1.82) is 0 Å². The molecule has 0 aliphatic rings. The maximum absolute atomic E-state index is 13.5. The minimum Gasteiger partial charge on any atom is -0.323 e. The van der Waals surface area contributed by atoms with Crippen LogP contribution in [-0.2, 0) is 10.0 Å². The zero-order valence-corrected chi connectivity index (χ0v) is 14.5. The molecule has 2 rings (SSSR count). The maximum Gasteiger partial charge on any atom is 0.289 e. The third-order valence-corrected chi connectivity index (χ3v) is 5.57. The highest BCUT2D eigenvalue weighted by Gasteiger charge is 2.30. The van der Waals surface area contributed by atoms with Crippen molar-refractivity contribution >= 4 is 15.7 Å². The van der Waals surface area contributed by atoms with E-state index in [1.807, 2.05) is 0 Å². The second-order valence-electron chi connectivity index (χ2n) is 5.68. The molecule has 134 valence electrons. The molecule has 0 saturated carbocycles. The maximum atomic E-state index is 13.5. The van der Waals surface area contributed by atoms with E-state index >= 15 is 0 Å². The molecule has 0 radical (unpaired) electrons. The Bertz CT molecular complexity index is 882. The number of hydrogen-bond donors (Lipinski definition) is 1. The van der Waals surface area contributed by atoms with E-state index in [2.05, 4.69) is 0 Å². The Morgan fingerprint density at radius 1 is 1.28 bits per heavy atom. The van der Waals surface area contributed by atoms with Crippen molar-refractivity contribution in [2.45, 2.75) is 17.9 Å². The number of benzene rings is 2. The summed E-state index contributed by atoms with van der Waals surface area (Å²) in [6, 6.07) is 8.55. The molecule has 0 bridgehead atoms. The predicted octanol–water partition coefficient (Wildman–Crippen LogP) is 2.36.